The molecule has 0 aromatic heterocycles. The molecule has 0 radical (unpaired) electrons. The Labute approximate surface area is 69.8 Å². The van der Waals surface area contributed by atoms with E-state index in [1.165, 1.54) is 11.8 Å². The van der Waals surface area contributed by atoms with Crippen molar-refractivity contribution in [3.63, 3.8) is 0 Å². The summed E-state index contributed by atoms with van der Waals surface area (Å²) < 4.78 is 0. The van der Waals surface area contributed by atoms with E-state index in [-0.39, 0.29) is 0 Å². The molecule has 0 rings (SSSR count). The van der Waals surface area contributed by atoms with Crippen LogP contribution in [0.3, 0.4) is 0 Å². The summed E-state index contributed by atoms with van der Waals surface area (Å²) in [6.45, 7) is 9.24. The van der Waals surface area contributed by atoms with Gasteiger partial charge in [0.15, 0.2) is 0 Å². The summed E-state index contributed by atoms with van der Waals surface area (Å²) in [6.07, 6.45) is 0. The average molecular weight is 177 g/mol. The average Bonchev–Trinajstić information content (AvgIpc) is 1.59. The molecule has 0 aliphatic heterocycles. The molecular weight excluding hydrogens is 158 g/mol. The molecule has 1 atom stereocenters. The van der Waals surface area contributed by atoms with Crippen LogP contribution in [0.4, 0.5) is 0 Å². The standard InChI is InChI=1S/C7H19NSSi/c1-7(8)9-5-6-10(2,3)4/h7H,5-6,8H2,1-4H3. The van der Waals surface area contributed by atoms with Crippen molar-refractivity contribution < 1.29 is 0 Å². The first-order chi connectivity index (χ1) is 4.42. The highest BCUT2D eigenvalue weighted by Crippen LogP contribution is 2.14. The van der Waals surface area contributed by atoms with Crippen LogP contribution in [0.25, 0.3) is 0 Å². The summed E-state index contributed by atoms with van der Waals surface area (Å²) in [5, 5.41) is 0.316. The molecule has 1 unspecified atom stereocenters. The Kier molecular flexibility index (Phi) is 4.65. The number of rotatable bonds is 4. The molecule has 0 aliphatic rings. The number of thioether (sulfide) groups is 1. The molecule has 0 heterocycles. The quantitative estimate of drug-likeness (QED) is 0.527. The summed E-state index contributed by atoms with van der Waals surface area (Å²) in [6, 6.07) is 1.39. The Hall–Kier alpha value is 0.527. The van der Waals surface area contributed by atoms with Gasteiger partial charge in [-0.25, -0.2) is 0 Å². The second-order valence-corrected chi connectivity index (χ2v) is 11.0. The molecule has 0 aromatic carbocycles. The topological polar surface area (TPSA) is 26.0 Å². The SMILES string of the molecule is CC(N)SCC[Si](C)(C)C. The van der Waals surface area contributed by atoms with Gasteiger partial charge in [-0.3, -0.25) is 0 Å². The Morgan fingerprint density at radius 1 is 1.40 bits per heavy atom. The molecule has 62 valence electrons. The number of nitrogens with two attached hydrogens (primary N) is 1. The zero-order valence-corrected chi connectivity index (χ0v) is 9.29. The van der Waals surface area contributed by atoms with Gasteiger partial charge < -0.3 is 5.73 Å². The fraction of sp³-hybridized carbons (Fsp3) is 1.00. The molecule has 0 spiro atoms. The van der Waals surface area contributed by atoms with Crippen LogP contribution in [-0.4, -0.2) is 19.2 Å². The minimum Gasteiger partial charge on any atom is -0.320 e. The lowest BCUT2D eigenvalue weighted by atomic mass is 10.8. The van der Waals surface area contributed by atoms with E-state index in [1.807, 2.05) is 11.8 Å². The third-order valence-electron chi connectivity index (χ3n) is 1.23. The largest absolute Gasteiger partial charge is 0.320 e. The molecule has 2 N–H and O–H groups in total. The second kappa shape index (κ2) is 4.41. The lowest BCUT2D eigenvalue weighted by molar-refractivity contribution is 1.04. The van der Waals surface area contributed by atoms with Gasteiger partial charge in [0, 0.05) is 13.4 Å². The minimum absolute atomic E-state index is 0.316. The predicted octanol–water partition coefficient (Wildman–Crippen LogP) is 2.36. The van der Waals surface area contributed by atoms with Crippen molar-refractivity contribution in [2.45, 2.75) is 38.0 Å². The Balaban J connectivity index is 3.21. The lowest BCUT2D eigenvalue weighted by Gasteiger charge is -2.15. The van der Waals surface area contributed by atoms with Crippen molar-refractivity contribution >= 4 is 19.8 Å². The molecule has 0 saturated heterocycles. The molecule has 0 saturated carbocycles. The summed E-state index contributed by atoms with van der Waals surface area (Å²) in [4.78, 5) is 0. The molecular formula is C7H19NSSi. The summed E-state index contributed by atoms with van der Waals surface area (Å²) in [7, 11) is -0.800. The molecule has 0 aromatic rings. The van der Waals surface area contributed by atoms with Crippen molar-refractivity contribution in [2.24, 2.45) is 5.73 Å². The maximum Gasteiger partial charge on any atom is 0.0478 e. The van der Waals surface area contributed by atoms with Crippen LogP contribution in [-0.2, 0) is 0 Å². The van der Waals surface area contributed by atoms with E-state index >= 15 is 0 Å². The molecule has 0 aliphatic carbocycles. The van der Waals surface area contributed by atoms with Crippen molar-refractivity contribution in [3.8, 4) is 0 Å². The molecule has 3 heteroatoms. The highest BCUT2D eigenvalue weighted by molar-refractivity contribution is 7.99. The molecule has 1 nitrogen and oxygen atoms in total. The van der Waals surface area contributed by atoms with Crippen LogP contribution in [0.1, 0.15) is 6.92 Å². The van der Waals surface area contributed by atoms with E-state index < -0.39 is 8.07 Å². The highest BCUT2D eigenvalue weighted by atomic mass is 32.2. The lowest BCUT2D eigenvalue weighted by Crippen LogP contribution is -2.21. The normalized spacial score (nSPS) is 15.3. The Morgan fingerprint density at radius 3 is 2.20 bits per heavy atom. The molecule has 0 fully saturated rings. The van der Waals surface area contributed by atoms with E-state index in [4.69, 9.17) is 5.73 Å². The van der Waals surface area contributed by atoms with Crippen molar-refractivity contribution in [3.05, 3.63) is 0 Å². The summed E-state index contributed by atoms with van der Waals surface area (Å²) in [5.74, 6) is 1.24. The van der Waals surface area contributed by atoms with E-state index in [2.05, 4.69) is 26.6 Å². The fourth-order valence-electron chi connectivity index (χ4n) is 0.551. The Morgan fingerprint density at radius 2 is 1.90 bits per heavy atom. The van der Waals surface area contributed by atoms with Crippen molar-refractivity contribution in [1.29, 1.82) is 0 Å². The van der Waals surface area contributed by atoms with Gasteiger partial charge in [0.1, 0.15) is 0 Å². The second-order valence-electron chi connectivity index (χ2n) is 3.89. The van der Waals surface area contributed by atoms with Gasteiger partial charge in [-0.1, -0.05) is 19.6 Å². The maximum absolute atomic E-state index is 5.60. The van der Waals surface area contributed by atoms with Crippen LogP contribution in [0.15, 0.2) is 0 Å². The molecule has 0 bridgehead atoms. The first-order valence-corrected chi connectivity index (χ1v) is 8.54. The van der Waals surface area contributed by atoms with Crippen LogP contribution < -0.4 is 5.73 Å². The number of hydrogen-bond acceptors (Lipinski definition) is 2. The fourth-order valence-corrected chi connectivity index (χ4v) is 3.84. The van der Waals surface area contributed by atoms with Gasteiger partial charge in [-0.15, -0.1) is 11.8 Å². The monoisotopic (exact) mass is 177 g/mol. The van der Waals surface area contributed by atoms with Crippen LogP contribution in [0, 0.1) is 0 Å². The van der Waals surface area contributed by atoms with Gasteiger partial charge in [0.2, 0.25) is 0 Å². The van der Waals surface area contributed by atoms with Gasteiger partial charge in [-0.05, 0) is 18.7 Å². The number of hydrogen-bond donors (Lipinski definition) is 1. The Bertz CT molecular complexity index is 88.1. The first kappa shape index (κ1) is 10.5. The van der Waals surface area contributed by atoms with Crippen molar-refractivity contribution in [1.82, 2.24) is 0 Å². The molecule has 10 heavy (non-hydrogen) atoms. The molecule has 0 amide bonds. The first-order valence-electron chi connectivity index (χ1n) is 3.79. The van der Waals surface area contributed by atoms with E-state index in [0.717, 1.165) is 0 Å². The minimum atomic E-state index is -0.800. The zero-order valence-electron chi connectivity index (χ0n) is 7.48. The van der Waals surface area contributed by atoms with E-state index in [1.54, 1.807) is 0 Å². The van der Waals surface area contributed by atoms with Gasteiger partial charge in [-0.2, -0.15) is 0 Å². The smallest absolute Gasteiger partial charge is 0.0478 e. The van der Waals surface area contributed by atoms with E-state index in [0.29, 0.717) is 5.37 Å². The summed E-state index contributed by atoms with van der Waals surface area (Å²) in [5.41, 5.74) is 5.60. The zero-order chi connectivity index (χ0) is 8.20. The van der Waals surface area contributed by atoms with Gasteiger partial charge >= 0.3 is 0 Å². The van der Waals surface area contributed by atoms with Crippen LogP contribution in [0.2, 0.25) is 25.7 Å². The third kappa shape index (κ3) is 8.53. The van der Waals surface area contributed by atoms with Crippen molar-refractivity contribution in [2.75, 3.05) is 5.75 Å². The summed E-state index contributed by atoms with van der Waals surface area (Å²) >= 11 is 1.87. The third-order valence-corrected chi connectivity index (χ3v) is 4.31. The van der Waals surface area contributed by atoms with Crippen LogP contribution in [0.5, 0.6) is 0 Å². The predicted molar refractivity (Wildman–Crippen MR) is 54.3 cm³/mol. The maximum atomic E-state index is 5.60. The van der Waals surface area contributed by atoms with Gasteiger partial charge in [0.05, 0.1) is 0 Å². The van der Waals surface area contributed by atoms with Gasteiger partial charge in [0.25, 0.3) is 0 Å². The highest BCUT2D eigenvalue weighted by Gasteiger charge is 2.12. The van der Waals surface area contributed by atoms with Crippen LogP contribution >= 0.6 is 11.8 Å². The van der Waals surface area contributed by atoms with E-state index in [9.17, 15) is 0 Å².